The molecule has 2 fully saturated rings. The van der Waals surface area contributed by atoms with Crippen molar-refractivity contribution in [3.8, 4) is 0 Å². The van der Waals surface area contributed by atoms with Gasteiger partial charge in [-0.15, -0.1) is 0 Å². The Bertz CT molecular complexity index is 1100. The van der Waals surface area contributed by atoms with Crippen LogP contribution in [0, 0.1) is 6.92 Å². The maximum absolute atomic E-state index is 13.4. The maximum Gasteiger partial charge on any atom is 0.267 e. The Hall–Kier alpha value is -2.19. The Balaban J connectivity index is 1.83. The van der Waals surface area contributed by atoms with Crippen molar-refractivity contribution >= 4 is 51.7 Å². The van der Waals surface area contributed by atoms with E-state index >= 15 is 0 Å². The lowest BCUT2D eigenvalue weighted by atomic mass is 9.95. The number of nitrogens with one attached hydrogen (secondary N) is 1. The fraction of sp³-hybridized carbons (Fsp3) is 0.455. The van der Waals surface area contributed by atoms with Gasteiger partial charge in [0.2, 0.25) is 0 Å². The monoisotopic (exact) mass is 442 g/mol. The predicted molar refractivity (Wildman–Crippen MR) is 127 cm³/mol. The van der Waals surface area contributed by atoms with Crippen LogP contribution in [0.4, 0.5) is 5.82 Å². The highest BCUT2D eigenvalue weighted by Gasteiger charge is 2.34. The lowest BCUT2D eigenvalue weighted by molar-refractivity contribution is -0.123. The lowest BCUT2D eigenvalue weighted by Gasteiger charge is -2.24. The summed E-state index contributed by atoms with van der Waals surface area (Å²) in [4.78, 5) is 33.1. The molecule has 0 atom stereocenters. The zero-order valence-electron chi connectivity index (χ0n) is 17.5. The number of thioether (sulfide) groups is 1. The topological polar surface area (TPSA) is 66.7 Å². The first-order chi connectivity index (χ1) is 14.3. The van der Waals surface area contributed by atoms with Gasteiger partial charge < -0.3 is 5.32 Å². The number of aromatic nitrogens is 2. The number of aryl methyl sites for hydroxylation is 1. The number of thiocarbonyl (C=S) groups is 1. The quantitative estimate of drug-likeness (QED) is 0.561. The van der Waals surface area contributed by atoms with Crippen LogP contribution in [0.1, 0.15) is 57.1 Å². The third kappa shape index (κ3) is 4.03. The minimum absolute atomic E-state index is 0.0262. The summed E-state index contributed by atoms with van der Waals surface area (Å²) in [7, 11) is 0. The minimum atomic E-state index is -0.183. The Morgan fingerprint density at radius 3 is 2.63 bits per heavy atom. The summed E-state index contributed by atoms with van der Waals surface area (Å²) >= 11 is 6.63. The van der Waals surface area contributed by atoms with Crippen LogP contribution in [-0.4, -0.2) is 36.6 Å². The molecule has 0 radical (unpaired) electrons. The van der Waals surface area contributed by atoms with E-state index < -0.39 is 0 Å². The van der Waals surface area contributed by atoms with Crippen molar-refractivity contribution in [2.75, 3.05) is 5.32 Å². The van der Waals surface area contributed by atoms with Gasteiger partial charge in [0.25, 0.3) is 11.5 Å². The molecule has 30 heavy (non-hydrogen) atoms. The summed E-state index contributed by atoms with van der Waals surface area (Å²) in [5.74, 6) is 0.392. The first kappa shape index (κ1) is 21.1. The highest BCUT2D eigenvalue weighted by Crippen LogP contribution is 2.34. The number of anilines is 1. The number of hydrogen-bond donors (Lipinski definition) is 1. The third-order valence-electron chi connectivity index (χ3n) is 5.57. The van der Waals surface area contributed by atoms with Gasteiger partial charge in [0.05, 0.1) is 10.5 Å². The second-order valence-corrected chi connectivity index (χ2v) is 9.91. The molecule has 2 aliphatic rings. The summed E-state index contributed by atoms with van der Waals surface area (Å²) in [6, 6.07) is 4.06. The Labute approximate surface area is 185 Å². The lowest BCUT2D eigenvalue weighted by Crippen LogP contribution is -2.34. The second kappa shape index (κ2) is 8.51. The van der Waals surface area contributed by atoms with Crippen LogP contribution >= 0.6 is 24.0 Å². The van der Waals surface area contributed by atoms with Crippen molar-refractivity contribution in [2.45, 2.75) is 65.0 Å². The average molecular weight is 443 g/mol. The molecule has 0 bridgehead atoms. The summed E-state index contributed by atoms with van der Waals surface area (Å²) in [5.41, 5.74) is 1.79. The van der Waals surface area contributed by atoms with Crippen molar-refractivity contribution in [1.82, 2.24) is 14.3 Å². The summed E-state index contributed by atoms with van der Waals surface area (Å²) < 4.78 is 2.07. The summed E-state index contributed by atoms with van der Waals surface area (Å²) in [6.45, 7) is 5.80. The van der Waals surface area contributed by atoms with Crippen LogP contribution in [0.15, 0.2) is 28.0 Å². The van der Waals surface area contributed by atoms with Crippen LogP contribution < -0.4 is 10.9 Å². The number of carbonyl (C=O) groups excluding carboxylic acids is 1. The maximum atomic E-state index is 13.4. The van der Waals surface area contributed by atoms with Crippen molar-refractivity contribution in [3.05, 3.63) is 44.7 Å². The number of fused-ring (bicyclic) bond motifs is 1. The van der Waals surface area contributed by atoms with Gasteiger partial charge >= 0.3 is 0 Å². The van der Waals surface area contributed by atoms with Crippen LogP contribution in [0.2, 0.25) is 0 Å². The van der Waals surface area contributed by atoms with Gasteiger partial charge in [-0.2, -0.15) is 0 Å². The average Bonchev–Trinajstić information content (AvgIpc) is 2.99. The molecule has 0 spiro atoms. The molecule has 4 rings (SSSR count). The fourth-order valence-electron chi connectivity index (χ4n) is 4.00. The fourth-order valence-corrected chi connectivity index (χ4v) is 5.50. The van der Waals surface area contributed by atoms with Crippen molar-refractivity contribution in [1.29, 1.82) is 0 Å². The molecule has 2 aromatic heterocycles. The van der Waals surface area contributed by atoms with Gasteiger partial charge in [-0.05, 0) is 51.3 Å². The molecule has 1 N–H and O–H groups in total. The molecule has 3 heterocycles. The molecule has 1 aliphatic carbocycles. The van der Waals surface area contributed by atoms with Gasteiger partial charge in [0.15, 0.2) is 0 Å². The van der Waals surface area contributed by atoms with E-state index in [9.17, 15) is 9.59 Å². The van der Waals surface area contributed by atoms with Gasteiger partial charge in [0.1, 0.15) is 15.8 Å². The zero-order chi connectivity index (χ0) is 21.4. The van der Waals surface area contributed by atoms with Crippen molar-refractivity contribution in [3.63, 3.8) is 0 Å². The number of pyridine rings is 1. The van der Waals surface area contributed by atoms with Crippen LogP contribution in [0.25, 0.3) is 11.7 Å². The third-order valence-corrected chi connectivity index (χ3v) is 6.90. The number of carbonyl (C=O) groups is 1. The van der Waals surface area contributed by atoms with Crippen LogP contribution in [0.5, 0.6) is 0 Å². The molecule has 1 saturated carbocycles. The molecule has 158 valence electrons. The molecular formula is C22H26N4O2S2. The smallest absolute Gasteiger partial charge is 0.267 e. The largest absolute Gasteiger partial charge is 0.367 e. The van der Waals surface area contributed by atoms with Gasteiger partial charge in [0, 0.05) is 18.3 Å². The molecule has 6 nitrogen and oxygen atoms in total. The second-order valence-electron chi connectivity index (χ2n) is 8.24. The first-order valence-corrected chi connectivity index (χ1v) is 11.6. The first-order valence-electron chi connectivity index (χ1n) is 10.4. The van der Waals surface area contributed by atoms with Crippen LogP contribution in [0.3, 0.4) is 0 Å². The van der Waals surface area contributed by atoms with Gasteiger partial charge in [-0.3, -0.25) is 18.9 Å². The van der Waals surface area contributed by atoms with E-state index in [0.29, 0.717) is 26.3 Å². The molecule has 0 aromatic carbocycles. The molecular weight excluding hydrogens is 416 g/mol. The molecule has 1 aliphatic heterocycles. The highest BCUT2D eigenvalue weighted by molar-refractivity contribution is 8.26. The molecule has 8 heteroatoms. The minimum Gasteiger partial charge on any atom is -0.367 e. The Morgan fingerprint density at radius 1 is 1.23 bits per heavy atom. The Morgan fingerprint density at radius 2 is 1.97 bits per heavy atom. The molecule has 1 saturated heterocycles. The normalized spacial score (nSPS) is 19.5. The number of hydrogen-bond acceptors (Lipinski definition) is 6. The van der Waals surface area contributed by atoms with Crippen LogP contribution in [-0.2, 0) is 4.79 Å². The van der Waals surface area contributed by atoms with E-state index in [2.05, 4.69) is 5.32 Å². The molecule has 0 unspecified atom stereocenters. The SMILES string of the molecule is Cc1ccc2nc(NC3CCCCC3)c(/C=C3/SC(=S)N(C(C)C)C3=O)c(=O)n2c1. The number of nitrogens with zero attached hydrogens (tertiary/aromatic N) is 3. The number of rotatable bonds is 4. The summed E-state index contributed by atoms with van der Waals surface area (Å²) in [5, 5.41) is 3.49. The Kier molecular flexibility index (Phi) is 5.97. The van der Waals surface area contributed by atoms with E-state index in [-0.39, 0.29) is 23.6 Å². The van der Waals surface area contributed by atoms with E-state index in [1.54, 1.807) is 21.6 Å². The summed E-state index contributed by atoms with van der Waals surface area (Å²) in [6.07, 6.45) is 9.16. The predicted octanol–water partition coefficient (Wildman–Crippen LogP) is 4.36. The van der Waals surface area contributed by atoms with Gasteiger partial charge in [-0.25, -0.2) is 4.98 Å². The van der Waals surface area contributed by atoms with Crippen molar-refractivity contribution in [2.24, 2.45) is 0 Å². The van der Waals surface area contributed by atoms with E-state index in [4.69, 9.17) is 17.2 Å². The van der Waals surface area contributed by atoms with E-state index in [0.717, 1.165) is 18.4 Å². The van der Waals surface area contributed by atoms with E-state index in [1.807, 2.05) is 32.9 Å². The zero-order valence-corrected chi connectivity index (χ0v) is 19.1. The van der Waals surface area contributed by atoms with Gasteiger partial charge in [-0.1, -0.05) is 49.3 Å². The van der Waals surface area contributed by atoms with Crippen molar-refractivity contribution < 1.29 is 4.79 Å². The molecule has 1 amide bonds. The highest BCUT2D eigenvalue weighted by atomic mass is 32.2. The molecule has 2 aromatic rings. The standard InChI is InChI=1S/C22H26N4O2S2/c1-13(2)26-21(28)17(30-22(26)29)11-16-19(23-15-7-5-4-6-8-15)24-18-10-9-14(3)12-25(18)20(16)27/h9-13,15,23H,4-8H2,1-3H3/b17-11+. The van der Waals surface area contributed by atoms with E-state index in [1.165, 1.54) is 31.0 Å². The number of amides is 1.